The Labute approximate surface area is 165 Å². The van der Waals surface area contributed by atoms with Crippen molar-refractivity contribution in [1.82, 2.24) is 19.9 Å². The summed E-state index contributed by atoms with van der Waals surface area (Å²) in [7, 11) is 1.52. The van der Waals surface area contributed by atoms with Gasteiger partial charge in [-0.25, -0.2) is 4.68 Å². The number of ether oxygens (including phenoxy) is 1. The number of pyridine rings is 1. The smallest absolute Gasteiger partial charge is 0.234 e. The van der Waals surface area contributed by atoms with Gasteiger partial charge in [-0.1, -0.05) is 23.4 Å². The first-order valence-corrected chi connectivity index (χ1v) is 9.23. The number of nitrogens with two attached hydrogens (primary N) is 1. The van der Waals surface area contributed by atoms with Crippen molar-refractivity contribution in [3.63, 3.8) is 0 Å². The fraction of sp³-hybridized carbons (Fsp3) is 0.176. The van der Waals surface area contributed by atoms with Crippen molar-refractivity contribution in [2.24, 2.45) is 0 Å². The van der Waals surface area contributed by atoms with Crippen LogP contribution in [-0.2, 0) is 4.79 Å². The van der Waals surface area contributed by atoms with E-state index in [2.05, 4.69) is 20.5 Å². The standard InChI is InChI=1S/C17H17ClN6O2S/c1-10-6-13(14(26-2)7-12(10)18)21-15(25)9-27-17-23-22-16(24(17)19)11-4-3-5-20-8-11/h3-8H,9,19H2,1-2H3,(H,21,25). The minimum Gasteiger partial charge on any atom is -0.495 e. The minimum absolute atomic E-state index is 0.104. The summed E-state index contributed by atoms with van der Waals surface area (Å²) >= 11 is 7.26. The molecule has 140 valence electrons. The number of aromatic nitrogens is 4. The molecule has 0 spiro atoms. The molecule has 1 aromatic carbocycles. The molecular formula is C17H17ClN6O2S. The highest BCUT2D eigenvalue weighted by molar-refractivity contribution is 7.99. The maximum atomic E-state index is 12.3. The molecule has 10 heteroatoms. The van der Waals surface area contributed by atoms with Crippen LogP contribution in [0.4, 0.5) is 5.69 Å². The molecule has 0 aliphatic carbocycles. The lowest BCUT2D eigenvalue weighted by Crippen LogP contribution is -2.17. The number of carbonyl (C=O) groups excluding carboxylic acids is 1. The van der Waals surface area contributed by atoms with E-state index in [0.29, 0.717) is 27.4 Å². The molecular weight excluding hydrogens is 388 g/mol. The fourth-order valence-corrected chi connectivity index (χ4v) is 3.12. The van der Waals surface area contributed by atoms with E-state index in [1.54, 1.807) is 30.6 Å². The Balaban J connectivity index is 1.67. The molecule has 27 heavy (non-hydrogen) atoms. The fourth-order valence-electron chi connectivity index (χ4n) is 2.31. The van der Waals surface area contributed by atoms with E-state index in [1.807, 2.05) is 13.0 Å². The molecule has 8 nitrogen and oxygen atoms in total. The number of nitrogens with zero attached hydrogens (tertiary/aromatic N) is 4. The third-order valence-corrected chi connectivity index (χ3v) is 5.02. The van der Waals surface area contributed by atoms with Gasteiger partial charge in [-0.05, 0) is 30.7 Å². The summed E-state index contributed by atoms with van der Waals surface area (Å²) in [5.41, 5.74) is 2.13. The zero-order valence-corrected chi connectivity index (χ0v) is 16.2. The first-order chi connectivity index (χ1) is 13.0. The number of methoxy groups -OCH3 is 1. The van der Waals surface area contributed by atoms with Crippen LogP contribution in [-0.4, -0.2) is 38.6 Å². The van der Waals surface area contributed by atoms with Crippen LogP contribution in [0, 0.1) is 6.92 Å². The van der Waals surface area contributed by atoms with Crippen molar-refractivity contribution in [3.05, 3.63) is 47.2 Å². The minimum atomic E-state index is -0.231. The average Bonchev–Trinajstić information content (AvgIpc) is 3.04. The number of halogens is 1. The number of amides is 1. The van der Waals surface area contributed by atoms with Crippen molar-refractivity contribution >= 4 is 35.0 Å². The van der Waals surface area contributed by atoms with E-state index in [4.69, 9.17) is 22.2 Å². The highest BCUT2D eigenvalue weighted by atomic mass is 35.5. The van der Waals surface area contributed by atoms with Gasteiger partial charge in [0.05, 0.1) is 18.6 Å². The molecule has 3 rings (SSSR count). The molecule has 3 aromatic rings. The molecule has 2 aromatic heterocycles. The molecule has 0 aliphatic heterocycles. The summed E-state index contributed by atoms with van der Waals surface area (Å²) in [6.07, 6.45) is 3.30. The van der Waals surface area contributed by atoms with Gasteiger partial charge in [0.2, 0.25) is 11.1 Å². The zero-order chi connectivity index (χ0) is 19.4. The van der Waals surface area contributed by atoms with Gasteiger partial charge in [-0.2, -0.15) is 0 Å². The number of anilines is 1. The number of nitrogen functional groups attached to an aromatic ring is 1. The number of thioether (sulfide) groups is 1. The largest absolute Gasteiger partial charge is 0.495 e. The van der Waals surface area contributed by atoms with Crippen molar-refractivity contribution < 1.29 is 9.53 Å². The number of aryl methyl sites for hydroxylation is 1. The molecule has 0 saturated carbocycles. The summed E-state index contributed by atoms with van der Waals surface area (Å²) in [4.78, 5) is 16.3. The van der Waals surface area contributed by atoms with Crippen molar-refractivity contribution in [1.29, 1.82) is 0 Å². The van der Waals surface area contributed by atoms with Crippen LogP contribution in [0.15, 0.2) is 41.8 Å². The topological polar surface area (TPSA) is 108 Å². The second kappa shape index (κ2) is 8.28. The van der Waals surface area contributed by atoms with E-state index in [1.165, 1.54) is 23.5 Å². The van der Waals surface area contributed by atoms with Crippen molar-refractivity contribution in [2.45, 2.75) is 12.1 Å². The van der Waals surface area contributed by atoms with Gasteiger partial charge in [0, 0.05) is 29.0 Å². The Morgan fingerprint density at radius 2 is 2.22 bits per heavy atom. The summed E-state index contributed by atoms with van der Waals surface area (Å²) in [5, 5.41) is 11.9. The van der Waals surface area contributed by atoms with Crippen molar-refractivity contribution in [2.75, 3.05) is 24.0 Å². The van der Waals surface area contributed by atoms with Crippen LogP contribution in [0.2, 0.25) is 5.02 Å². The third-order valence-electron chi connectivity index (χ3n) is 3.67. The number of carbonyl (C=O) groups is 1. The molecule has 3 N–H and O–H groups in total. The molecule has 0 radical (unpaired) electrons. The van der Waals surface area contributed by atoms with E-state index in [-0.39, 0.29) is 11.7 Å². The Morgan fingerprint density at radius 3 is 2.93 bits per heavy atom. The van der Waals surface area contributed by atoms with Gasteiger partial charge < -0.3 is 15.9 Å². The molecule has 0 saturated heterocycles. The van der Waals surface area contributed by atoms with E-state index in [9.17, 15) is 4.79 Å². The van der Waals surface area contributed by atoms with Gasteiger partial charge in [0.1, 0.15) is 5.75 Å². The van der Waals surface area contributed by atoms with Gasteiger partial charge in [0.15, 0.2) is 5.82 Å². The van der Waals surface area contributed by atoms with Crippen LogP contribution in [0.1, 0.15) is 5.56 Å². The number of hydrogen-bond acceptors (Lipinski definition) is 7. The Morgan fingerprint density at radius 1 is 1.41 bits per heavy atom. The Bertz CT molecular complexity index is 964. The highest BCUT2D eigenvalue weighted by Gasteiger charge is 2.15. The molecule has 0 aliphatic rings. The lowest BCUT2D eigenvalue weighted by atomic mass is 10.2. The lowest BCUT2D eigenvalue weighted by molar-refractivity contribution is -0.113. The molecule has 0 unspecified atom stereocenters. The monoisotopic (exact) mass is 404 g/mol. The van der Waals surface area contributed by atoms with Gasteiger partial charge in [-0.15, -0.1) is 10.2 Å². The summed E-state index contributed by atoms with van der Waals surface area (Å²) < 4.78 is 6.59. The van der Waals surface area contributed by atoms with Crippen LogP contribution in [0.3, 0.4) is 0 Å². The summed E-state index contributed by atoms with van der Waals surface area (Å²) in [6, 6.07) is 7.04. The van der Waals surface area contributed by atoms with Gasteiger partial charge in [-0.3, -0.25) is 9.78 Å². The van der Waals surface area contributed by atoms with Crippen LogP contribution in [0.5, 0.6) is 5.75 Å². The first-order valence-electron chi connectivity index (χ1n) is 7.87. The second-order valence-corrected chi connectivity index (χ2v) is 6.91. The predicted molar refractivity (Wildman–Crippen MR) is 105 cm³/mol. The second-order valence-electron chi connectivity index (χ2n) is 5.56. The number of rotatable bonds is 6. The normalized spacial score (nSPS) is 10.6. The molecule has 2 heterocycles. The molecule has 0 fully saturated rings. The number of hydrogen-bond donors (Lipinski definition) is 2. The van der Waals surface area contributed by atoms with Crippen LogP contribution >= 0.6 is 23.4 Å². The molecule has 1 amide bonds. The molecule has 0 atom stereocenters. The maximum absolute atomic E-state index is 12.3. The van der Waals surface area contributed by atoms with E-state index < -0.39 is 0 Å². The number of benzene rings is 1. The van der Waals surface area contributed by atoms with E-state index >= 15 is 0 Å². The maximum Gasteiger partial charge on any atom is 0.234 e. The van der Waals surface area contributed by atoms with Gasteiger partial charge >= 0.3 is 0 Å². The third kappa shape index (κ3) is 4.32. The SMILES string of the molecule is COc1cc(Cl)c(C)cc1NC(=O)CSc1nnc(-c2cccnc2)n1N. The first kappa shape index (κ1) is 19.0. The average molecular weight is 405 g/mol. The predicted octanol–water partition coefficient (Wildman–Crippen LogP) is 2.76. The molecule has 0 bridgehead atoms. The Kier molecular flexibility index (Phi) is 5.82. The lowest BCUT2D eigenvalue weighted by Gasteiger charge is -2.12. The zero-order valence-electron chi connectivity index (χ0n) is 14.6. The van der Waals surface area contributed by atoms with Gasteiger partial charge in [0.25, 0.3) is 0 Å². The summed E-state index contributed by atoms with van der Waals surface area (Å²) in [6.45, 7) is 1.85. The summed E-state index contributed by atoms with van der Waals surface area (Å²) in [5.74, 6) is 6.87. The van der Waals surface area contributed by atoms with Crippen LogP contribution < -0.4 is 15.9 Å². The number of nitrogens with one attached hydrogen (secondary N) is 1. The Hall–Kier alpha value is -2.78. The van der Waals surface area contributed by atoms with Crippen molar-refractivity contribution in [3.8, 4) is 17.1 Å². The van der Waals surface area contributed by atoms with Crippen LogP contribution in [0.25, 0.3) is 11.4 Å². The van der Waals surface area contributed by atoms with E-state index in [0.717, 1.165) is 11.1 Å². The quantitative estimate of drug-likeness (QED) is 0.480. The highest BCUT2D eigenvalue weighted by Crippen LogP contribution is 2.31.